The molecule has 0 aliphatic heterocycles. The van der Waals surface area contributed by atoms with Crippen molar-refractivity contribution in [3.8, 4) is 17.0 Å². The number of nitrogens with zero attached hydrogens (tertiary/aromatic N) is 2. The summed E-state index contributed by atoms with van der Waals surface area (Å²) < 4.78 is 18.2. The summed E-state index contributed by atoms with van der Waals surface area (Å²) in [7, 11) is 0. The molecule has 0 fully saturated rings. The standard InChI is InChI=1S/C18H15FN4O4/c1-2-27-13-7-8-14(17(9-13)23(25)26)20-18(24)16-10-15(21-22-16)11-3-5-12(19)6-4-11/h3-10H,2H2,1H3,(H,20,24)(H,21,22). The van der Waals surface area contributed by atoms with Crippen LogP contribution in [0.1, 0.15) is 17.4 Å². The van der Waals surface area contributed by atoms with Gasteiger partial charge in [-0.15, -0.1) is 0 Å². The monoisotopic (exact) mass is 370 g/mol. The van der Waals surface area contributed by atoms with E-state index in [1.165, 1.54) is 48.5 Å². The fraction of sp³-hybridized carbons (Fsp3) is 0.111. The quantitative estimate of drug-likeness (QED) is 0.507. The van der Waals surface area contributed by atoms with Gasteiger partial charge < -0.3 is 10.1 Å². The molecular formula is C18H15FN4O4. The third-order valence-electron chi connectivity index (χ3n) is 3.69. The van der Waals surface area contributed by atoms with E-state index in [0.717, 1.165) is 0 Å². The number of halogens is 1. The molecule has 0 saturated carbocycles. The number of rotatable bonds is 6. The van der Waals surface area contributed by atoms with Gasteiger partial charge in [-0.2, -0.15) is 5.10 Å². The van der Waals surface area contributed by atoms with E-state index in [1.54, 1.807) is 6.92 Å². The van der Waals surface area contributed by atoms with Gasteiger partial charge in [-0.1, -0.05) is 0 Å². The summed E-state index contributed by atoms with van der Waals surface area (Å²) in [6, 6.07) is 11.3. The number of hydrogen-bond donors (Lipinski definition) is 2. The second-order valence-electron chi connectivity index (χ2n) is 5.50. The first-order chi connectivity index (χ1) is 13.0. The van der Waals surface area contributed by atoms with Crippen molar-refractivity contribution >= 4 is 17.3 Å². The fourth-order valence-corrected chi connectivity index (χ4v) is 2.42. The number of aromatic nitrogens is 2. The molecule has 138 valence electrons. The molecule has 0 radical (unpaired) electrons. The zero-order chi connectivity index (χ0) is 19.4. The minimum atomic E-state index is -0.602. The first-order valence-corrected chi connectivity index (χ1v) is 8.02. The molecule has 1 heterocycles. The molecular weight excluding hydrogens is 355 g/mol. The average molecular weight is 370 g/mol. The summed E-state index contributed by atoms with van der Waals surface area (Å²) in [6.45, 7) is 2.13. The molecule has 2 aromatic carbocycles. The number of nitro benzene ring substituents is 1. The lowest BCUT2D eigenvalue weighted by molar-refractivity contribution is -0.384. The molecule has 0 aliphatic carbocycles. The van der Waals surface area contributed by atoms with Gasteiger partial charge in [0.25, 0.3) is 11.6 Å². The van der Waals surface area contributed by atoms with Crippen molar-refractivity contribution < 1.29 is 18.8 Å². The van der Waals surface area contributed by atoms with Gasteiger partial charge in [-0.25, -0.2) is 4.39 Å². The molecule has 3 rings (SSSR count). The van der Waals surface area contributed by atoms with Gasteiger partial charge in [0.1, 0.15) is 22.9 Å². The Kier molecular flexibility index (Phi) is 5.11. The lowest BCUT2D eigenvalue weighted by atomic mass is 10.1. The van der Waals surface area contributed by atoms with Crippen LogP contribution >= 0.6 is 0 Å². The number of nitro groups is 1. The van der Waals surface area contributed by atoms with Crippen LogP contribution in [0.2, 0.25) is 0 Å². The molecule has 27 heavy (non-hydrogen) atoms. The molecule has 1 amide bonds. The third kappa shape index (κ3) is 4.09. The Balaban J connectivity index is 1.81. The maximum Gasteiger partial charge on any atom is 0.296 e. The summed E-state index contributed by atoms with van der Waals surface area (Å²) in [4.78, 5) is 23.1. The molecule has 0 aliphatic rings. The summed E-state index contributed by atoms with van der Waals surface area (Å²) in [5, 5.41) is 20.3. The highest BCUT2D eigenvalue weighted by Gasteiger charge is 2.19. The van der Waals surface area contributed by atoms with Crippen molar-refractivity contribution in [2.24, 2.45) is 0 Å². The van der Waals surface area contributed by atoms with Gasteiger partial charge in [0, 0.05) is 5.56 Å². The highest BCUT2D eigenvalue weighted by Crippen LogP contribution is 2.29. The molecule has 0 atom stereocenters. The highest BCUT2D eigenvalue weighted by molar-refractivity contribution is 6.04. The molecule has 0 spiro atoms. The minimum Gasteiger partial charge on any atom is -0.494 e. The van der Waals surface area contributed by atoms with Crippen LogP contribution in [0, 0.1) is 15.9 Å². The third-order valence-corrected chi connectivity index (χ3v) is 3.69. The van der Waals surface area contributed by atoms with Gasteiger partial charge in [0.2, 0.25) is 0 Å². The van der Waals surface area contributed by atoms with E-state index in [9.17, 15) is 19.3 Å². The summed E-state index contributed by atoms with van der Waals surface area (Å²) in [5.41, 5.74) is 0.927. The SMILES string of the molecule is CCOc1ccc(NC(=O)c2cc(-c3ccc(F)cc3)n[nH]2)c([N+](=O)[O-])c1. The van der Waals surface area contributed by atoms with Crippen LogP contribution in [-0.4, -0.2) is 27.6 Å². The largest absolute Gasteiger partial charge is 0.494 e. The number of anilines is 1. The van der Waals surface area contributed by atoms with E-state index >= 15 is 0 Å². The van der Waals surface area contributed by atoms with Crippen molar-refractivity contribution in [3.05, 3.63) is 70.2 Å². The molecule has 1 aromatic heterocycles. The van der Waals surface area contributed by atoms with E-state index < -0.39 is 10.8 Å². The van der Waals surface area contributed by atoms with E-state index in [2.05, 4.69) is 15.5 Å². The number of ether oxygens (including phenoxy) is 1. The number of carbonyl (C=O) groups excluding carboxylic acids is 1. The summed E-state index contributed by atoms with van der Waals surface area (Å²) in [5.74, 6) is -0.638. The van der Waals surface area contributed by atoms with Crippen molar-refractivity contribution in [2.45, 2.75) is 6.92 Å². The number of nitrogens with one attached hydrogen (secondary N) is 2. The Morgan fingerprint density at radius 1 is 1.26 bits per heavy atom. The normalized spacial score (nSPS) is 10.4. The van der Waals surface area contributed by atoms with Gasteiger partial charge in [-0.3, -0.25) is 20.0 Å². The Bertz CT molecular complexity index is 985. The zero-order valence-electron chi connectivity index (χ0n) is 14.2. The smallest absolute Gasteiger partial charge is 0.296 e. The van der Waals surface area contributed by atoms with Crippen molar-refractivity contribution in [1.29, 1.82) is 0 Å². The van der Waals surface area contributed by atoms with E-state index in [4.69, 9.17) is 4.74 Å². The second-order valence-corrected chi connectivity index (χ2v) is 5.50. The van der Waals surface area contributed by atoms with Crippen molar-refractivity contribution in [2.75, 3.05) is 11.9 Å². The van der Waals surface area contributed by atoms with Gasteiger partial charge >= 0.3 is 0 Å². The molecule has 8 nitrogen and oxygen atoms in total. The molecule has 0 bridgehead atoms. The Morgan fingerprint density at radius 3 is 2.67 bits per heavy atom. The fourth-order valence-electron chi connectivity index (χ4n) is 2.42. The number of benzene rings is 2. The first kappa shape index (κ1) is 18.1. The van der Waals surface area contributed by atoms with Gasteiger partial charge in [0.05, 0.1) is 23.3 Å². The van der Waals surface area contributed by atoms with Crippen LogP contribution in [0.15, 0.2) is 48.5 Å². The average Bonchev–Trinajstić information content (AvgIpc) is 3.14. The van der Waals surface area contributed by atoms with E-state index in [-0.39, 0.29) is 22.9 Å². The predicted octanol–water partition coefficient (Wildman–Crippen LogP) is 3.78. The number of amides is 1. The van der Waals surface area contributed by atoms with E-state index in [0.29, 0.717) is 23.6 Å². The molecule has 9 heteroatoms. The Hall–Kier alpha value is -3.75. The van der Waals surface area contributed by atoms with Crippen LogP contribution < -0.4 is 10.1 Å². The summed E-state index contributed by atoms with van der Waals surface area (Å²) >= 11 is 0. The number of carbonyl (C=O) groups is 1. The summed E-state index contributed by atoms with van der Waals surface area (Å²) in [6.07, 6.45) is 0. The minimum absolute atomic E-state index is 0.0337. The molecule has 2 N–H and O–H groups in total. The van der Waals surface area contributed by atoms with E-state index in [1.807, 2.05) is 0 Å². The van der Waals surface area contributed by atoms with Crippen LogP contribution in [0.25, 0.3) is 11.3 Å². The van der Waals surface area contributed by atoms with Crippen LogP contribution in [0.5, 0.6) is 5.75 Å². The van der Waals surface area contributed by atoms with Crippen LogP contribution in [-0.2, 0) is 0 Å². The maximum atomic E-state index is 13.0. The van der Waals surface area contributed by atoms with Crippen molar-refractivity contribution in [1.82, 2.24) is 10.2 Å². The topological polar surface area (TPSA) is 110 Å². The number of hydrogen-bond acceptors (Lipinski definition) is 5. The first-order valence-electron chi connectivity index (χ1n) is 8.02. The van der Waals surface area contributed by atoms with Crippen molar-refractivity contribution in [3.63, 3.8) is 0 Å². The molecule has 0 saturated heterocycles. The number of aromatic amines is 1. The molecule has 3 aromatic rings. The maximum absolute atomic E-state index is 13.0. The van der Waals surface area contributed by atoms with Crippen LogP contribution in [0.3, 0.4) is 0 Å². The lowest BCUT2D eigenvalue weighted by Gasteiger charge is -2.07. The number of H-pyrrole nitrogens is 1. The zero-order valence-corrected chi connectivity index (χ0v) is 14.2. The highest BCUT2D eigenvalue weighted by atomic mass is 19.1. The molecule has 0 unspecified atom stereocenters. The Morgan fingerprint density at radius 2 is 2.00 bits per heavy atom. The second kappa shape index (κ2) is 7.65. The van der Waals surface area contributed by atoms with Crippen LogP contribution in [0.4, 0.5) is 15.8 Å². The predicted molar refractivity (Wildman–Crippen MR) is 96.2 cm³/mol. The lowest BCUT2D eigenvalue weighted by Crippen LogP contribution is -2.13. The Labute approximate surface area is 153 Å². The van der Waals surface area contributed by atoms with Gasteiger partial charge in [0.15, 0.2) is 0 Å². The van der Waals surface area contributed by atoms with Gasteiger partial charge in [-0.05, 0) is 49.4 Å².